The lowest BCUT2D eigenvalue weighted by atomic mass is 10.1. The van der Waals surface area contributed by atoms with Crippen molar-refractivity contribution in [2.75, 3.05) is 12.4 Å². The third kappa shape index (κ3) is 4.06. The summed E-state index contributed by atoms with van der Waals surface area (Å²) in [5, 5.41) is 10.6. The number of thioether (sulfide) groups is 1. The molecule has 0 aromatic heterocycles. The number of hydrogen-bond acceptors (Lipinski definition) is 3. The van der Waals surface area contributed by atoms with E-state index in [-0.39, 0.29) is 0 Å². The molecule has 1 aromatic carbocycles. The minimum atomic E-state index is -0.449. The van der Waals surface area contributed by atoms with E-state index in [1.165, 1.54) is 0 Å². The Morgan fingerprint density at radius 1 is 1.31 bits per heavy atom. The third-order valence-corrected chi connectivity index (χ3v) is 3.34. The molecular formula is C13H20O2S. The smallest absolute Gasteiger partial charge is 0.125 e. The van der Waals surface area contributed by atoms with E-state index in [1.54, 1.807) is 11.8 Å². The maximum atomic E-state index is 10.1. The summed E-state index contributed by atoms with van der Waals surface area (Å²) in [6, 6.07) is 7.69. The molecule has 0 heterocycles. The van der Waals surface area contributed by atoms with Gasteiger partial charge in [-0.15, -0.1) is 0 Å². The lowest BCUT2D eigenvalue weighted by Crippen LogP contribution is -2.06. The van der Waals surface area contributed by atoms with E-state index >= 15 is 0 Å². The third-order valence-electron chi connectivity index (χ3n) is 2.17. The first kappa shape index (κ1) is 13.4. The SMILES string of the molecule is CCOc1ccccc1C(O)CSC(C)C. The van der Waals surface area contributed by atoms with Crippen molar-refractivity contribution in [2.24, 2.45) is 0 Å². The minimum absolute atomic E-state index is 0.449. The first-order valence-electron chi connectivity index (χ1n) is 5.66. The van der Waals surface area contributed by atoms with E-state index in [4.69, 9.17) is 4.74 Å². The highest BCUT2D eigenvalue weighted by Crippen LogP contribution is 2.28. The fourth-order valence-electron chi connectivity index (χ4n) is 1.42. The van der Waals surface area contributed by atoms with Crippen LogP contribution in [0.5, 0.6) is 5.75 Å². The van der Waals surface area contributed by atoms with Gasteiger partial charge in [0.1, 0.15) is 5.75 Å². The zero-order valence-corrected chi connectivity index (χ0v) is 11.0. The fraction of sp³-hybridized carbons (Fsp3) is 0.538. The summed E-state index contributed by atoms with van der Waals surface area (Å²) in [6.45, 7) is 6.84. The largest absolute Gasteiger partial charge is 0.493 e. The average molecular weight is 240 g/mol. The lowest BCUT2D eigenvalue weighted by molar-refractivity contribution is 0.196. The van der Waals surface area contributed by atoms with Gasteiger partial charge in [-0.25, -0.2) is 0 Å². The minimum Gasteiger partial charge on any atom is -0.493 e. The molecule has 0 saturated heterocycles. The number of benzene rings is 1. The van der Waals surface area contributed by atoms with Gasteiger partial charge in [0.05, 0.1) is 12.7 Å². The average Bonchev–Trinajstić information content (AvgIpc) is 2.27. The molecule has 0 bridgehead atoms. The van der Waals surface area contributed by atoms with E-state index in [9.17, 15) is 5.11 Å². The zero-order chi connectivity index (χ0) is 12.0. The molecule has 0 fully saturated rings. The Kier molecular flexibility index (Phi) is 5.71. The van der Waals surface area contributed by atoms with E-state index < -0.39 is 6.10 Å². The zero-order valence-electron chi connectivity index (χ0n) is 10.1. The number of hydrogen-bond donors (Lipinski definition) is 1. The number of aliphatic hydroxyl groups is 1. The molecule has 0 spiro atoms. The molecule has 0 saturated carbocycles. The maximum Gasteiger partial charge on any atom is 0.125 e. The first-order valence-corrected chi connectivity index (χ1v) is 6.71. The summed E-state index contributed by atoms with van der Waals surface area (Å²) in [5.74, 6) is 1.50. The Hall–Kier alpha value is -0.670. The van der Waals surface area contributed by atoms with Crippen molar-refractivity contribution in [3.63, 3.8) is 0 Å². The number of rotatable bonds is 6. The number of aliphatic hydroxyl groups excluding tert-OH is 1. The van der Waals surface area contributed by atoms with Crippen molar-refractivity contribution in [3.05, 3.63) is 29.8 Å². The molecule has 2 nitrogen and oxygen atoms in total. The lowest BCUT2D eigenvalue weighted by Gasteiger charge is -2.16. The number of ether oxygens (including phenoxy) is 1. The van der Waals surface area contributed by atoms with Crippen LogP contribution < -0.4 is 4.74 Å². The standard InChI is InChI=1S/C13H20O2S/c1-4-15-13-8-6-5-7-11(13)12(14)9-16-10(2)3/h5-8,10,12,14H,4,9H2,1-3H3. The molecule has 0 aliphatic rings. The van der Waals surface area contributed by atoms with E-state index in [1.807, 2.05) is 31.2 Å². The first-order chi connectivity index (χ1) is 7.65. The molecule has 1 unspecified atom stereocenters. The Bertz CT molecular complexity index is 313. The van der Waals surface area contributed by atoms with Crippen molar-refractivity contribution in [1.82, 2.24) is 0 Å². The molecule has 16 heavy (non-hydrogen) atoms. The van der Waals surface area contributed by atoms with E-state index in [2.05, 4.69) is 13.8 Å². The Labute approximate surface area is 102 Å². The van der Waals surface area contributed by atoms with Gasteiger partial charge >= 0.3 is 0 Å². The monoisotopic (exact) mass is 240 g/mol. The molecule has 1 atom stereocenters. The molecule has 0 amide bonds. The highest BCUT2D eigenvalue weighted by atomic mass is 32.2. The second kappa shape index (κ2) is 6.81. The topological polar surface area (TPSA) is 29.5 Å². The highest BCUT2D eigenvalue weighted by molar-refractivity contribution is 7.99. The Morgan fingerprint density at radius 2 is 2.00 bits per heavy atom. The molecule has 0 aliphatic heterocycles. The normalized spacial score (nSPS) is 12.8. The van der Waals surface area contributed by atoms with Gasteiger partial charge < -0.3 is 9.84 Å². The highest BCUT2D eigenvalue weighted by Gasteiger charge is 2.13. The summed E-state index contributed by atoms with van der Waals surface area (Å²) in [6.07, 6.45) is -0.449. The quantitative estimate of drug-likeness (QED) is 0.827. The van der Waals surface area contributed by atoms with Crippen molar-refractivity contribution >= 4 is 11.8 Å². The summed E-state index contributed by atoms with van der Waals surface area (Å²) in [5.41, 5.74) is 0.887. The molecular weight excluding hydrogens is 220 g/mol. The predicted molar refractivity (Wildman–Crippen MR) is 70.2 cm³/mol. The van der Waals surface area contributed by atoms with Gasteiger partial charge in [0, 0.05) is 11.3 Å². The van der Waals surface area contributed by atoms with Crippen LogP contribution in [0.3, 0.4) is 0 Å². The Morgan fingerprint density at radius 3 is 2.62 bits per heavy atom. The van der Waals surface area contributed by atoms with Crippen molar-refractivity contribution in [1.29, 1.82) is 0 Å². The van der Waals surface area contributed by atoms with Crippen molar-refractivity contribution < 1.29 is 9.84 Å². The molecule has 0 radical (unpaired) electrons. The summed E-state index contributed by atoms with van der Waals surface area (Å²) < 4.78 is 5.50. The van der Waals surface area contributed by atoms with Crippen LogP contribution in [0, 0.1) is 0 Å². The molecule has 3 heteroatoms. The van der Waals surface area contributed by atoms with Crippen LogP contribution in [-0.2, 0) is 0 Å². The summed E-state index contributed by atoms with van der Waals surface area (Å²) >= 11 is 1.76. The van der Waals surface area contributed by atoms with Crippen LogP contribution in [0.15, 0.2) is 24.3 Å². The molecule has 1 rings (SSSR count). The van der Waals surface area contributed by atoms with Gasteiger partial charge in [-0.05, 0) is 18.2 Å². The number of para-hydroxylation sites is 1. The van der Waals surface area contributed by atoms with Gasteiger partial charge in [0.2, 0.25) is 0 Å². The van der Waals surface area contributed by atoms with Gasteiger partial charge in [-0.1, -0.05) is 32.0 Å². The van der Waals surface area contributed by atoms with Gasteiger partial charge in [-0.2, -0.15) is 11.8 Å². The predicted octanol–water partition coefficient (Wildman–Crippen LogP) is 3.26. The van der Waals surface area contributed by atoms with Crippen LogP contribution in [0.2, 0.25) is 0 Å². The van der Waals surface area contributed by atoms with Crippen LogP contribution in [0.4, 0.5) is 0 Å². The van der Waals surface area contributed by atoms with Crippen molar-refractivity contribution in [3.8, 4) is 5.75 Å². The van der Waals surface area contributed by atoms with Crippen LogP contribution in [-0.4, -0.2) is 22.7 Å². The van der Waals surface area contributed by atoms with Gasteiger partial charge in [0.25, 0.3) is 0 Å². The van der Waals surface area contributed by atoms with Crippen LogP contribution in [0.1, 0.15) is 32.4 Å². The Balaban J connectivity index is 2.69. The summed E-state index contributed by atoms with van der Waals surface area (Å²) in [4.78, 5) is 0. The maximum absolute atomic E-state index is 10.1. The van der Waals surface area contributed by atoms with Gasteiger partial charge in [-0.3, -0.25) is 0 Å². The van der Waals surface area contributed by atoms with E-state index in [0.717, 1.165) is 11.3 Å². The van der Waals surface area contributed by atoms with Gasteiger partial charge in [0.15, 0.2) is 0 Å². The van der Waals surface area contributed by atoms with E-state index in [0.29, 0.717) is 17.6 Å². The fourth-order valence-corrected chi connectivity index (χ4v) is 2.16. The molecule has 90 valence electrons. The molecule has 1 aromatic rings. The molecule has 1 N–H and O–H groups in total. The van der Waals surface area contributed by atoms with Crippen LogP contribution >= 0.6 is 11.8 Å². The second-order valence-corrected chi connectivity index (χ2v) is 5.48. The van der Waals surface area contributed by atoms with Crippen molar-refractivity contribution in [2.45, 2.75) is 32.1 Å². The second-order valence-electron chi connectivity index (χ2n) is 3.87. The van der Waals surface area contributed by atoms with Crippen LogP contribution in [0.25, 0.3) is 0 Å². The summed E-state index contributed by atoms with van der Waals surface area (Å²) in [7, 11) is 0. The molecule has 0 aliphatic carbocycles.